The van der Waals surface area contributed by atoms with E-state index in [9.17, 15) is 0 Å². The first-order valence-electron chi connectivity index (χ1n) is 3.91. The Morgan fingerprint density at radius 1 is 0.889 bits per heavy atom. The number of rotatable bonds is 0. The highest BCUT2D eigenvalue weighted by Gasteiger charge is 2.35. The molecule has 0 unspecified atom stereocenters. The molecule has 1 aliphatic carbocycles. The third-order valence-corrected chi connectivity index (χ3v) is 2.51. The minimum atomic E-state index is 0.389. The van der Waals surface area contributed by atoms with Crippen LogP contribution in [0.1, 0.15) is 25.7 Å². The molecule has 0 aromatic heterocycles. The maximum Gasteiger partial charge on any atom is 0.0688 e. The van der Waals surface area contributed by atoms with Gasteiger partial charge in [-0.05, 0) is 12.8 Å². The lowest BCUT2D eigenvalue weighted by atomic mass is 10.1. The van der Waals surface area contributed by atoms with Gasteiger partial charge in [-0.3, -0.25) is 10.6 Å². The van der Waals surface area contributed by atoms with Crippen LogP contribution in [0.4, 0.5) is 0 Å². The molecule has 2 N–H and O–H groups in total. The smallest absolute Gasteiger partial charge is 0.0688 e. The van der Waals surface area contributed by atoms with Gasteiger partial charge < -0.3 is 0 Å². The monoisotopic (exact) mass is 126 g/mol. The van der Waals surface area contributed by atoms with E-state index in [1.54, 1.807) is 0 Å². The van der Waals surface area contributed by atoms with Crippen molar-refractivity contribution in [3.05, 3.63) is 0 Å². The molecule has 1 spiro atoms. The van der Waals surface area contributed by atoms with Crippen LogP contribution >= 0.6 is 0 Å². The highest BCUT2D eigenvalue weighted by atomic mass is 15.3. The van der Waals surface area contributed by atoms with Gasteiger partial charge in [0.05, 0.1) is 5.66 Å². The van der Waals surface area contributed by atoms with E-state index >= 15 is 0 Å². The minimum absolute atomic E-state index is 0.389. The Hall–Kier alpha value is -0.0800. The van der Waals surface area contributed by atoms with Gasteiger partial charge in [0.15, 0.2) is 0 Å². The van der Waals surface area contributed by atoms with E-state index in [1.807, 2.05) is 0 Å². The second-order valence-corrected chi connectivity index (χ2v) is 3.14. The summed E-state index contributed by atoms with van der Waals surface area (Å²) in [5, 5.41) is 7.04. The van der Waals surface area contributed by atoms with E-state index in [2.05, 4.69) is 10.6 Å². The molecular weight excluding hydrogens is 112 g/mol. The van der Waals surface area contributed by atoms with Crippen LogP contribution in [-0.4, -0.2) is 18.8 Å². The van der Waals surface area contributed by atoms with E-state index in [1.165, 1.54) is 38.8 Å². The Bertz CT molecular complexity index is 82.0. The molecule has 0 atom stereocenters. The Labute approximate surface area is 56.0 Å². The first-order chi connectivity index (χ1) is 4.41. The fourth-order valence-corrected chi connectivity index (χ4v) is 2.00. The Balaban J connectivity index is 2.04. The molecule has 0 amide bonds. The summed E-state index contributed by atoms with van der Waals surface area (Å²) in [7, 11) is 0. The van der Waals surface area contributed by atoms with Crippen LogP contribution in [0.2, 0.25) is 0 Å². The lowest BCUT2D eigenvalue weighted by Crippen LogP contribution is -2.45. The topological polar surface area (TPSA) is 24.1 Å². The van der Waals surface area contributed by atoms with E-state index in [-0.39, 0.29) is 0 Å². The van der Waals surface area contributed by atoms with E-state index < -0.39 is 0 Å². The Morgan fingerprint density at radius 3 is 2.00 bits per heavy atom. The largest absolute Gasteiger partial charge is 0.298 e. The lowest BCUT2D eigenvalue weighted by Gasteiger charge is -2.22. The summed E-state index contributed by atoms with van der Waals surface area (Å²) in [5.41, 5.74) is 0.389. The molecule has 0 aromatic carbocycles. The minimum Gasteiger partial charge on any atom is -0.298 e. The average Bonchev–Trinajstić information content (AvgIpc) is 2.45. The van der Waals surface area contributed by atoms with E-state index in [0.29, 0.717) is 5.66 Å². The fraction of sp³-hybridized carbons (Fsp3) is 1.00. The highest BCUT2D eigenvalue weighted by molar-refractivity contribution is 4.94. The molecule has 0 aromatic rings. The molecular formula is C7H14N2. The van der Waals surface area contributed by atoms with Crippen LogP contribution in [0.5, 0.6) is 0 Å². The van der Waals surface area contributed by atoms with Crippen molar-refractivity contribution in [2.24, 2.45) is 0 Å². The molecule has 1 heterocycles. The normalized spacial score (nSPS) is 32.0. The zero-order chi connectivity index (χ0) is 6.16. The van der Waals surface area contributed by atoms with Crippen LogP contribution in [0.25, 0.3) is 0 Å². The zero-order valence-electron chi connectivity index (χ0n) is 5.74. The van der Waals surface area contributed by atoms with Crippen LogP contribution in [0, 0.1) is 0 Å². The molecule has 9 heavy (non-hydrogen) atoms. The molecule has 1 saturated carbocycles. The van der Waals surface area contributed by atoms with Gasteiger partial charge in [0.25, 0.3) is 0 Å². The molecule has 2 aliphatic rings. The standard InChI is InChI=1S/C7H14N2/c1-2-4-7(3-1)8-5-6-9-7/h8-9H,1-6H2. The summed E-state index contributed by atoms with van der Waals surface area (Å²) in [6, 6.07) is 0. The van der Waals surface area contributed by atoms with E-state index in [4.69, 9.17) is 0 Å². The number of hydrogen-bond donors (Lipinski definition) is 2. The number of hydrogen-bond acceptors (Lipinski definition) is 2. The third-order valence-electron chi connectivity index (χ3n) is 2.51. The average molecular weight is 126 g/mol. The van der Waals surface area contributed by atoms with Crippen molar-refractivity contribution < 1.29 is 0 Å². The molecule has 2 heteroatoms. The van der Waals surface area contributed by atoms with Crippen LogP contribution in [-0.2, 0) is 0 Å². The van der Waals surface area contributed by atoms with Crippen LogP contribution in [0.3, 0.4) is 0 Å². The maximum absolute atomic E-state index is 3.52. The molecule has 2 fully saturated rings. The van der Waals surface area contributed by atoms with Crippen LogP contribution in [0.15, 0.2) is 0 Å². The summed E-state index contributed by atoms with van der Waals surface area (Å²) in [6.07, 6.45) is 5.49. The Kier molecular flexibility index (Phi) is 1.24. The summed E-state index contributed by atoms with van der Waals surface area (Å²) >= 11 is 0. The second kappa shape index (κ2) is 1.96. The summed E-state index contributed by atoms with van der Waals surface area (Å²) in [5.74, 6) is 0. The first kappa shape index (κ1) is 5.69. The zero-order valence-corrected chi connectivity index (χ0v) is 5.74. The maximum atomic E-state index is 3.52. The Morgan fingerprint density at radius 2 is 1.44 bits per heavy atom. The predicted molar refractivity (Wildman–Crippen MR) is 37.2 cm³/mol. The van der Waals surface area contributed by atoms with Gasteiger partial charge in [0.2, 0.25) is 0 Å². The SMILES string of the molecule is C1CCC2(C1)NCCN2. The molecule has 0 bridgehead atoms. The molecule has 0 radical (unpaired) electrons. The second-order valence-electron chi connectivity index (χ2n) is 3.14. The van der Waals surface area contributed by atoms with Gasteiger partial charge in [-0.15, -0.1) is 0 Å². The molecule has 1 saturated heterocycles. The molecule has 2 rings (SSSR count). The predicted octanol–water partition coefficient (Wildman–Crippen LogP) is 0.450. The number of nitrogens with one attached hydrogen (secondary N) is 2. The van der Waals surface area contributed by atoms with E-state index in [0.717, 1.165) is 0 Å². The quantitative estimate of drug-likeness (QED) is 0.492. The van der Waals surface area contributed by atoms with Crippen molar-refractivity contribution in [1.82, 2.24) is 10.6 Å². The van der Waals surface area contributed by atoms with Gasteiger partial charge in [0.1, 0.15) is 0 Å². The molecule has 52 valence electrons. The van der Waals surface area contributed by atoms with Crippen molar-refractivity contribution in [1.29, 1.82) is 0 Å². The van der Waals surface area contributed by atoms with Crippen LogP contribution < -0.4 is 10.6 Å². The fourth-order valence-electron chi connectivity index (χ4n) is 2.00. The summed E-state index contributed by atoms with van der Waals surface area (Å²) < 4.78 is 0. The van der Waals surface area contributed by atoms with Gasteiger partial charge in [-0.2, -0.15) is 0 Å². The van der Waals surface area contributed by atoms with Gasteiger partial charge >= 0.3 is 0 Å². The van der Waals surface area contributed by atoms with Crippen molar-refractivity contribution >= 4 is 0 Å². The third kappa shape index (κ3) is 0.864. The van der Waals surface area contributed by atoms with Crippen molar-refractivity contribution in [2.45, 2.75) is 31.3 Å². The van der Waals surface area contributed by atoms with Gasteiger partial charge in [0, 0.05) is 13.1 Å². The molecule has 1 aliphatic heterocycles. The van der Waals surface area contributed by atoms with Gasteiger partial charge in [-0.1, -0.05) is 12.8 Å². The van der Waals surface area contributed by atoms with Crippen molar-refractivity contribution in [2.75, 3.05) is 13.1 Å². The summed E-state index contributed by atoms with van der Waals surface area (Å²) in [6.45, 7) is 2.33. The first-order valence-corrected chi connectivity index (χ1v) is 3.91. The summed E-state index contributed by atoms with van der Waals surface area (Å²) in [4.78, 5) is 0. The van der Waals surface area contributed by atoms with Gasteiger partial charge in [-0.25, -0.2) is 0 Å². The highest BCUT2D eigenvalue weighted by Crippen LogP contribution is 2.28. The lowest BCUT2D eigenvalue weighted by molar-refractivity contribution is 0.345. The van der Waals surface area contributed by atoms with Crippen molar-refractivity contribution in [3.63, 3.8) is 0 Å². The van der Waals surface area contributed by atoms with Crippen molar-refractivity contribution in [3.8, 4) is 0 Å². The molecule has 2 nitrogen and oxygen atoms in total.